The SMILES string of the molecule is CC(C)(C)[S@@](=O)N[C@H](c1ccco1)[C@@H](N=C(c1ccccc1)c1ccccc1)c1ccc(Br)cc1. The van der Waals surface area contributed by atoms with Crippen LogP contribution in [-0.4, -0.2) is 14.7 Å². The second-order valence-corrected chi connectivity index (χ2v) is 12.1. The highest BCUT2D eigenvalue weighted by molar-refractivity contribution is 9.10. The van der Waals surface area contributed by atoms with Crippen molar-refractivity contribution < 1.29 is 8.63 Å². The molecule has 0 amide bonds. The number of benzene rings is 3. The van der Waals surface area contributed by atoms with Crippen molar-refractivity contribution in [2.45, 2.75) is 37.6 Å². The van der Waals surface area contributed by atoms with Crippen molar-refractivity contribution in [3.8, 4) is 0 Å². The smallest absolute Gasteiger partial charge is 0.124 e. The van der Waals surface area contributed by atoms with Gasteiger partial charge in [-0.25, -0.2) is 8.93 Å². The van der Waals surface area contributed by atoms with Crippen molar-refractivity contribution in [3.63, 3.8) is 0 Å². The van der Waals surface area contributed by atoms with Gasteiger partial charge >= 0.3 is 0 Å². The first-order valence-electron chi connectivity index (χ1n) is 11.5. The van der Waals surface area contributed by atoms with Crippen LogP contribution >= 0.6 is 15.9 Å². The summed E-state index contributed by atoms with van der Waals surface area (Å²) in [6.45, 7) is 5.85. The van der Waals surface area contributed by atoms with E-state index in [9.17, 15) is 4.21 Å². The van der Waals surface area contributed by atoms with E-state index in [1.165, 1.54) is 0 Å². The lowest BCUT2D eigenvalue weighted by atomic mass is 9.96. The highest BCUT2D eigenvalue weighted by atomic mass is 79.9. The van der Waals surface area contributed by atoms with E-state index in [2.05, 4.69) is 44.9 Å². The molecule has 0 aliphatic carbocycles. The van der Waals surface area contributed by atoms with Gasteiger partial charge in [0, 0.05) is 15.6 Å². The molecule has 1 N–H and O–H groups in total. The molecule has 4 aromatic rings. The normalized spacial score (nSPS) is 14.2. The van der Waals surface area contributed by atoms with Gasteiger partial charge in [-0.05, 0) is 50.6 Å². The summed E-state index contributed by atoms with van der Waals surface area (Å²) in [5.41, 5.74) is 3.86. The van der Waals surface area contributed by atoms with Gasteiger partial charge in [0.1, 0.15) is 11.8 Å². The molecule has 0 aliphatic heterocycles. The van der Waals surface area contributed by atoms with Crippen LogP contribution in [0.4, 0.5) is 0 Å². The standard InChI is InChI=1S/C29H29BrN2O2S/c1-29(2,3)35(33)32-28(25-15-10-20-34-25)27(23-16-18-24(30)19-17-23)31-26(21-11-6-4-7-12-21)22-13-8-5-9-14-22/h4-20,27-28,32H,1-3H3/t27-,28+,35+/m0/s1. The molecule has 3 atom stereocenters. The minimum Gasteiger partial charge on any atom is -0.468 e. The van der Waals surface area contributed by atoms with E-state index in [1.54, 1.807) is 6.26 Å². The average Bonchev–Trinajstić information content (AvgIpc) is 3.39. The third-order valence-electron chi connectivity index (χ3n) is 5.53. The summed E-state index contributed by atoms with van der Waals surface area (Å²) in [6, 6.07) is 31.3. The van der Waals surface area contributed by atoms with Crippen molar-refractivity contribution in [2.24, 2.45) is 4.99 Å². The first-order chi connectivity index (χ1) is 16.8. The summed E-state index contributed by atoms with van der Waals surface area (Å²) in [4.78, 5) is 5.35. The monoisotopic (exact) mass is 548 g/mol. The molecular weight excluding hydrogens is 520 g/mol. The minimum atomic E-state index is -1.34. The average molecular weight is 550 g/mol. The van der Waals surface area contributed by atoms with E-state index in [4.69, 9.17) is 9.41 Å². The fourth-order valence-corrected chi connectivity index (χ4v) is 4.78. The largest absolute Gasteiger partial charge is 0.468 e. The molecule has 3 aromatic carbocycles. The predicted molar refractivity (Wildman–Crippen MR) is 148 cm³/mol. The van der Waals surface area contributed by atoms with Crippen LogP contribution in [0.25, 0.3) is 0 Å². The molecule has 0 bridgehead atoms. The molecule has 4 rings (SSSR count). The van der Waals surface area contributed by atoms with Crippen LogP contribution in [0.5, 0.6) is 0 Å². The molecular formula is C29H29BrN2O2S. The zero-order chi connectivity index (χ0) is 24.8. The Kier molecular flexibility index (Phi) is 8.16. The van der Waals surface area contributed by atoms with Gasteiger partial charge in [-0.15, -0.1) is 0 Å². The van der Waals surface area contributed by atoms with Crippen molar-refractivity contribution in [3.05, 3.63) is 130 Å². The number of hydrogen-bond donors (Lipinski definition) is 1. The summed E-state index contributed by atoms with van der Waals surface area (Å²) in [6.07, 6.45) is 1.64. The number of hydrogen-bond acceptors (Lipinski definition) is 3. The van der Waals surface area contributed by atoms with Gasteiger partial charge < -0.3 is 4.42 Å². The highest BCUT2D eigenvalue weighted by Gasteiger charge is 2.32. The van der Waals surface area contributed by atoms with Crippen LogP contribution in [0.1, 0.15) is 55.3 Å². The lowest BCUT2D eigenvalue weighted by Crippen LogP contribution is -2.37. The van der Waals surface area contributed by atoms with Gasteiger partial charge in [0.15, 0.2) is 0 Å². The first kappa shape index (κ1) is 25.3. The second kappa shape index (κ2) is 11.3. The first-order valence-corrected chi connectivity index (χ1v) is 13.4. The van der Waals surface area contributed by atoms with Crippen LogP contribution in [0.3, 0.4) is 0 Å². The lowest BCUT2D eigenvalue weighted by molar-refractivity contribution is 0.409. The summed E-state index contributed by atoms with van der Waals surface area (Å²) >= 11 is 3.54. The predicted octanol–water partition coefficient (Wildman–Crippen LogP) is 7.41. The second-order valence-electron chi connectivity index (χ2n) is 9.20. The van der Waals surface area contributed by atoms with Gasteiger partial charge in [-0.1, -0.05) is 88.7 Å². The maximum absolute atomic E-state index is 13.3. The van der Waals surface area contributed by atoms with Crippen molar-refractivity contribution in [1.82, 2.24) is 4.72 Å². The topological polar surface area (TPSA) is 54.6 Å². The van der Waals surface area contributed by atoms with Crippen LogP contribution in [0.15, 0.2) is 117 Å². The lowest BCUT2D eigenvalue weighted by Gasteiger charge is -2.28. The molecule has 0 radical (unpaired) electrons. The van der Waals surface area contributed by atoms with Gasteiger partial charge in [0.05, 0.1) is 33.7 Å². The summed E-state index contributed by atoms with van der Waals surface area (Å²) in [5, 5.41) is 0. The van der Waals surface area contributed by atoms with Crippen molar-refractivity contribution in [2.75, 3.05) is 0 Å². The Hall–Kier alpha value is -2.80. The quantitative estimate of drug-likeness (QED) is 0.233. The Bertz CT molecular complexity index is 1220. The van der Waals surface area contributed by atoms with Crippen LogP contribution in [0.2, 0.25) is 0 Å². The Morgan fingerprint density at radius 2 is 1.43 bits per heavy atom. The molecule has 0 unspecified atom stereocenters. The molecule has 6 heteroatoms. The van der Waals surface area contributed by atoms with Crippen LogP contribution < -0.4 is 4.72 Å². The van der Waals surface area contributed by atoms with Gasteiger partial charge in [0.2, 0.25) is 0 Å². The minimum absolute atomic E-state index is 0.407. The Labute approximate surface area is 218 Å². The maximum Gasteiger partial charge on any atom is 0.124 e. The molecule has 0 saturated heterocycles. The maximum atomic E-state index is 13.3. The summed E-state index contributed by atoms with van der Waals surface area (Å²) in [5.74, 6) is 0.680. The Balaban J connectivity index is 1.92. The molecule has 0 aliphatic rings. The highest BCUT2D eigenvalue weighted by Crippen LogP contribution is 2.36. The van der Waals surface area contributed by atoms with Crippen LogP contribution in [-0.2, 0) is 11.0 Å². The van der Waals surface area contributed by atoms with Crippen LogP contribution in [0, 0.1) is 0 Å². The zero-order valence-corrected chi connectivity index (χ0v) is 22.4. The molecule has 1 heterocycles. The van der Waals surface area contributed by atoms with E-state index in [0.717, 1.165) is 26.9 Å². The fourth-order valence-electron chi connectivity index (χ4n) is 3.69. The molecule has 4 nitrogen and oxygen atoms in total. The van der Waals surface area contributed by atoms with Gasteiger partial charge in [-0.3, -0.25) is 4.99 Å². The fraction of sp³-hybridized carbons (Fsp3) is 0.207. The number of halogens is 1. The summed E-state index contributed by atoms with van der Waals surface area (Å²) in [7, 11) is -1.34. The molecule has 1 aromatic heterocycles. The molecule has 0 saturated carbocycles. The number of rotatable bonds is 8. The Morgan fingerprint density at radius 3 is 1.91 bits per heavy atom. The number of nitrogens with zero attached hydrogens (tertiary/aromatic N) is 1. The van der Waals surface area contributed by atoms with E-state index in [0.29, 0.717) is 5.76 Å². The third-order valence-corrected chi connectivity index (χ3v) is 7.64. The third kappa shape index (κ3) is 6.45. The van der Waals surface area contributed by atoms with E-state index in [-0.39, 0.29) is 0 Å². The molecule has 0 spiro atoms. The number of nitrogens with one attached hydrogen (secondary N) is 1. The van der Waals surface area contributed by atoms with E-state index < -0.39 is 27.8 Å². The van der Waals surface area contributed by atoms with E-state index >= 15 is 0 Å². The van der Waals surface area contributed by atoms with Crippen molar-refractivity contribution >= 4 is 32.6 Å². The van der Waals surface area contributed by atoms with Crippen molar-refractivity contribution in [1.29, 1.82) is 0 Å². The van der Waals surface area contributed by atoms with Gasteiger partial charge in [0.25, 0.3) is 0 Å². The number of aliphatic imine (C=N–C) groups is 1. The molecule has 35 heavy (non-hydrogen) atoms. The van der Waals surface area contributed by atoms with E-state index in [1.807, 2.05) is 93.6 Å². The zero-order valence-electron chi connectivity index (χ0n) is 20.0. The van der Waals surface area contributed by atoms with Gasteiger partial charge in [-0.2, -0.15) is 0 Å². The molecule has 0 fully saturated rings. The Morgan fingerprint density at radius 1 is 0.857 bits per heavy atom. The summed E-state index contributed by atoms with van der Waals surface area (Å²) < 4.78 is 23.0. The number of furan rings is 1. The molecule has 180 valence electrons.